The number of esters is 2. The van der Waals surface area contributed by atoms with Gasteiger partial charge in [0.2, 0.25) is 11.8 Å². The molecular formula is C24H26F3N3O10. The lowest BCUT2D eigenvalue weighted by molar-refractivity contribution is -0.202. The van der Waals surface area contributed by atoms with E-state index in [1.54, 1.807) is 6.07 Å². The Morgan fingerprint density at radius 3 is 2.20 bits per heavy atom. The van der Waals surface area contributed by atoms with Gasteiger partial charge >= 0.3 is 18.1 Å². The number of nitrogens with one attached hydrogen (secondary N) is 2. The van der Waals surface area contributed by atoms with Crippen LogP contribution in [0.2, 0.25) is 0 Å². The maximum Gasteiger partial charge on any atom is 0.491 e. The molecule has 13 nitrogen and oxygen atoms in total. The second kappa shape index (κ2) is 14.0. The Bertz CT molecular complexity index is 1160. The first-order valence-corrected chi connectivity index (χ1v) is 12.1. The van der Waals surface area contributed by atoms with Gasteiger partial charge in [0, 0.05) is 18.7 Å². The number of rotatable bonds is 14. The molecule has 0 spiro atoms. The summed E-state index contributed by atoms with van der Waals surface area (Å²) in [5, 5.41) is 5.20. The van der Waals surface area contributed by atoms with E-state index in [2.05, 4.69) is 15.4 Å². The smallest absolute Gasteiger partial charge is 0.386 e. The van der Waals surface area contributed by atoms with Crippen molar-refractivity contribution in [2.24, 2.45) is 0 Å². The van der Waals surface area contributed by atoms with Gasteiger partial charge in [0.05, 0.1) is 57.2 Å². The minimum atomic E-state index is -5.24. The van der Waals surface area contributed by atoms with E-state index in [4.69, 9.17) is 14.2 Å². The summed E-state index contributed by atoms with van der Waals surface area (Å²) in [6.45, 7) is 1.06. The van der Waals surface area contributed by atoms with Crippen molar-refractivity contribution >= 4 is 41.3 Å². The lowest BCUT2D eigenvalue weighted by Gasteiger charge is -2.27. The van der Waals surface area contributed by atoms with Crippen molar-refractivity contribution in [3.8, 4) is 0 Å². The number of carbonyl (C=O) groups excluding carboxylic acids is 6. The quantitative estimate of drug-likeness (QED) is 0.138. The lowest BCUT2D eigenvalue weighted by Crippen LogP contribution is -2.54. The Labute approximate surface area is 225 Å². The number of fused-ring (bicyclic) bond motifs is 1. The fourth-order valence-corrected chi connectivity index (χ4v) is 3.76. The Hall–Kier alpha value is -3.89. The number of benzene rings is 1. The summed E-state index contributed by atoms with van der Waals surface area (Å²) in [5.41, 5.74) is 0.894. The molecule has 2 heterocycles. The van der Waals surface area contributed by atoms with Crippen LogP contribution in [0.1, 0.15) is 40.0 Å². The maximum atomic E-state index is 12.8. The largest absolute Gasteiger partial charge is 0.491 e. The molecule has 3 rings (SSSR count). The van der Waals surface area contributed by atoms with Crippen LogP contribution in [0, 0.1) is 0 Å². The van der Waals surface area contributed by atoms with E-state index >= 15 is 0 Å². The van der Waals surface area contributed by atoms with Crippen LogP contribution in [0.3, 0.4) is 0 Å². The van der Waals surface area contributed by atoms with Gasteiger partial charge in [-0.25, -0.2) is 4.79 Å². The Kier molecular flexibility index (Phi) is 10.7. The minimum absolute atomic E-state index is 0.0362. The standard InChI is InChI=1S/C24H26F3N3O10/c25-24(26,27)23(36)40-19(32)5-7-37-9-11-39-12-10-38-8-6-28-14-1-2-15-16(13-14)22(35)30(21(15)34)17-3-4-18(31)29-20(17)33/h1-2,13,17,28H,3-12H2,(H,29,31,33). The number of imide groups is 2. The predicted octanol–water partition coefficient (Wildman–Crippen LogP) is 0.572. The molecule has 1 aromatic rings. The number of hydrogen-bond donors (Lipinski definition) is 2. The summed E-state index contributed by atoms with van der Waals surface area (Å²) < 4.78 is 55.2. The molecule has 0 saturated carbocycles. The molecule has 16 heteroatoms. The molecule has 1 saturated heterocycles. The third-order valence-corrected chi connectivity index (χ3v) is 5.65. The molecule has 1 fully saturated rings. The molecule has 0 aromatic heterocycles. The number of carbonyl (C=O) groups is 6. The van der Waals surface area contributed by atoms with Gasteiger partial charge in [-0.05, 0) is 24.6 Å². The Morgan fingerprint density at radius 1 is 0.925 bits per heavy atom. The number of halogens is 3. The van der Waals surface area contributed by atoms with Gasteiger partial charge in [-0.15, -0.1) is 0 Å². The van der Waals surface area contributed by atoms with Crippen LogP contribution >= 0.6 is 0 Å². The highest BCUT2D eigenvalue weighted by atomic mass is 19.4. The Balaban J connectivity index is 1.25. The van der Waals surface area contributed by atoms with Crippen molar-refractivity contribution < 1.29 is 60.9 Å². The van der Waals surface area contributed by atoms with E-state index in [0.29, 0.717) is 12.2 Å². The van der Waals surface area contributed by atoms with Gasteiger partial charge in [-0.3, -0.25) is 34.2 Å². The summed E-state index contributed by atoms with van der Waals surface area (Å²) in [6.07, 6.45) is -5.65. The monoisotopic (exact) mass is 573 g/mol. The van der Waals surface area contributed by atoms with Gasteiger partial charge in [0.1, 0.15) is 6.04 Å². The van der Waals surface area contributed by atoms with Crippen LogP contribution in [0.15, 0.2) is 18.2 Å². The fourth-order valence-electron chi connectivity index (χ4n) is 3.76. The molecule has 2 N–H and O–H groups in total. The molecule has 0 bridgehead atoms. The molecule has 40 heavy (non-hydrogen) atoms. The lowest BCUT2D eigenvalue weighted by atomic mass is 10.0. The number of piperidine rings is 1. The molecule has 2 aliphatic heterocycles. The third-order valence-electron chi connectivity index (χ3n) is 5.65. The van der Waals surface area contributed by atoms with Crippen molar-refractivity contribution in [1.29, 1.82) is 0 Å². The van der Waals surface area contributed by atoms with E-state index in [9.17, 15) is 41.9 Å². The van der Waals surface area contributed by atoms with Gasteiger partial charge in [0.15, 0.2) is 0 Å². The van der Waals surface area contributed by atoms with Gasteiger partial charge in [-0.1, -0.05) is 0 Å². The van der Waals surface area contributed by atoms with Crippen molar-refractivity contribution in [3.05, 3.63) is 29.3 Å². The molecular weight excluding hydrogens is 547 g/mol. The zero-order chi connectivity index (χ0) is 29.3. The highest BCUT2D eigenvalue weighted by Gasteiger charge is 2.45. The second-order valence-electron chi connectivity index (χ2n) is 8.48. The SMILES string of the molecule is O=C1CCC(N2C(=O)c3ccc(NCCOCCOCCOCCC(=O)OC(=O)C(F)(F)F)cc3C2=O)C(=O)N1. The summed E-state index contributed by atoms with van der Waals surface area (Å²) >= 11 is 0. The molecule has 2 aliphatic rings. The number of ether oxygens (including phenoxy) is 4. The average molecular weight is 573 g/mol. The van der Waals surface area contributed by atoms with E-state index in [-0.39, 0.29) is 63.6 Å². The Morgan fingerprint density at radius 2 is 1.55 bits per heavy atom. The molecule has 0 radical (unpaired) electrons. The van der Waals surface area contributed by atoms with E-state index in [1.807, 2.05) is 0 Å². The molecule has 218 valence electrons. The summed E-state index contributed by atoms with van der Waals surface area (Å²) in [6, 6.07) is 3.59. The van der Waals surface area contributed by atoms with Crippen LogP contribution in [0.25, 0.3) is 0 Å². The normalized spacial score (nSPS) is 17.1. The maximum absolute atomic E-state index is 12.8. The van der Waals surface area contributed by atoms with Crippen LogP contribution in [0.5, 0.6) is 0 Å². The minimum Gasteiger partial charge on any atom is -0.386 e. The van der Waals surface area contributed by atoms with Crippen LogP contribution in [-0.2, 0) is 38.1 Å². The number of amides is 4. The van der Waals surface area contributed by atoms with Crippen molar-refractivity contribution in [2.45, 2.75) is 31.5 Å². The number of anilines is 1. The summed E-state index contributed by atoms with van der Waals surface area (Å²) in [4.78, 5) is 71.5. The van der Waals surface area contributed by atoms with E-state index < -0.39 is 54.2 Å². The molecule has 4 amide bonds. The number of nitrogens with zero attached hydrogens (tertiary/aromatic N) is 1. The van der Waals surface area contributed by atoms with Crippen LogP contribution < -0.4 is 10.6 Å². The highest BCUT2D eigenvalue weighted by molar-refractivity contribution is 6.23. The van der Waals surface area contributed by atoms with E-state index in [0.717, 1.165) is 4.90 Å². The molecule has 0 aliphatic carbocycles. The van der Waals surface area contributed by atoms with Gasteiger partial charge < -0.3 is 24.3 Å². The summed E-state index contributed by atoms with van der Waals surface area (Å²) in [7, 11) is 0. The zero-order valence-corrected chi connectivity index (χ0v) is 21.0. The summed E-state index contributed by atoms with van der Waals surface area (Å²) in [5.74, 6) is -6.24. The van der Waals surface area contributed by atoms with Crippen molar-refractivity contribution in [3.63, 3.8) is 0 Å². The topological polar surface area (TPSA) is 167 Å². The van der Waals surface area contributed by atoms with Crippen LogP contribution in [0.4, 0.5) is 18.9 Å². The van der Waals surface area contributed by atoms with Crippen molar-refractivity contribution in [1.82, 2.24) is 10.2 Å². The molecule has 1 atom stereocenters. The fraction of sp³-hybridized carbons (Fsp3) is 0.500. The molecule has 1 aromatic carbocycles. The number of hydrogen-bond acceptors (Lipinski definition) is 11. The first-order valence-electron chi connectivity index (χ1n) is 12.1. The van der Waals surface area contributed by atoms with E-state index in [1.165, 1.54) is 12.1 Å². The average Bonchev–Trinajstić information content (AvgIpc) is 3.13. The van der Waals surface area contributed by atoms with Gasteiger partial charge in [0.25, 0.3) is 11.8 Å². The van der Waals surface area contributed by atoms with Gasteiger partial charge in [-0.2, -0.15) is 13.2 Å². The van der Waals surface area contributed by atoms with Crippen LogP contribution in [-0.4, -0.2) is 98.9 Å². The first-order chi connectivity index (χ1) is 19.0. The first kappa shape index (κ1) is 30.6. The predicted molar refractivity (Wildman–Crippen MR) is 126 cm³/mol. The third kappa shape index (κ3) is 8.30. The zero-order valence-electron chi connectivity index (χ0n) is 21.0. The highest BCUT2D eigenvalue weighted by Crippen LogP contribution is 2.29. The second-order valence-corrected chi connectivity index (χ2v) is 8.48. The van der Waals surface area contributed by atoms with Crippen molar-refractivity contribution in [2.75, 3.05) is 51.5 Å². The number of alkyl halides is 3. The molecule has 1 unspecified atom stereocenters.